The molecule has 0 saturated carbocycles. The number of nitrogens with one attached hydrogen (secondary N) is 1. The molecule has 1 fully saturated rings. The van der Waals surface area contributed by atoms with Crippen LogP contribution in [0, 0.1) is 17.2 Å². The predicted molar refractivity (Wildman–Crippen MR) is 147 cm³/mol. The maximum Gasteiger partial charge on any atom is 0.251 e. The largest absolute Gasteiger partial charge is 0.493 e. The molecule has 8 heteroatoms. The SMILES string of the molecule is COc1ccc(C(=O)NCC2CCN(c3cccc(C#N)c3)CC2)cc1OCCc1ccc(Cl)cc1Cl. The van der Waals surface area contributed by atoms with Gasteiger partial charge in [-0.3, -0.25) is 4.79 Å². The highest BCUT2D eigenvalue weighted by atomic mass is 35.5. The molecule has 1 aliphatic rings. The van der Waals surface area contributed by atoms with E-state index < -0.39 is 0 Å². The summed E-state index contributed by atoms with van der Waals surface area (Å²) in [5.41, 5.74) is 3.20. The Balaban J connectivity index is 1.29. The van der Waals surface area contributed by atoms with Crippen LogP contribution in [0.25, 0.3) is 0 Å². The van der Waals surface area contributed by atoms with Crippen molar-refractivity contribution in [3.63, 3.8) is 0 Å². The van der Waals surface area contributed by atoms with E-state index in [1.165, 1.54) is 0 Å². The van der Waals surface area contributed by atoms with Crippen LogP contribution in [0.15, 0.2) is 60.7 Å². The fraction of sp³-hybridized carbons (Fsp3) is 0.310. The molecule has 3 aromatic carbocycles. The molecular weight excluding hydrogens is 509 g/mol. The van der Waals surface area contributed by atoms with E-state index in [1.54, 1.807) is 37.4 Å². The average molecular weight is 538 g/mol. The molecule has 0 bridgehead atoms. The first kappa shape index (κ1) is 26.7. The molecule has 0 aromatic heterocycles. The zero-order chi connectivity index (χ0) is 26.2. The van der Waals surface area contributed by atoms with Crippen molar-refractivity contribution in [3.05, 3.63) is 87.4 Å². The molecule has 1 N–H and O–H groups in total. The standard InChI is InChI=1S/C29H29Cl2N3O3/c1-36-27-8-6-23(16-28(27)37-14-11-22-5-7-24(30)17-26(22)31)29(35)33-19-20-9-12-34(13-10-20)25-4-2-3-21(15-25)18-32/h2-8,15-17,20H,9-14,19H2,1H3,(H,33,35). The first-order chi connectivity index (χ1) is 18.0. The van der Waals surface area contributed by atoms with Crippen LogP contribution in [-0.2, 0) is 6.42 Å². The van der Waals surface area contributed by atoms with Gasteiger partial charge in [-0.2, -0.15) is 5.26 Å². The van der Waals surface area contributed by atoms with Gasteiger partial charge in [0.2, 0.25) is 0 Å². The lowest BCUT2D eigenvalue weighted by Crippen LogP contribution is -2.38. The Morgan fingerprint density at radius 1 is 1.08 bits per heavy atom. The normalized spacial score (nSPS) is 13.6. The van der Waals surface area contributed by atoms with Crippen molar-refractivity contribution in [3.8, 4) is 17.6 Å². The lowest BCUT2D eigenvalue weighted by atomic mass is 9.96. The summed E-state index contributed by atoms with van der Waals surface area (Å²) in [5.74, 6) is 1.33. The zero-order valence-electron chi connectivity index (χ0n) is 20.7. The first-order valence-electron chi connectivity index (χ1n) is 12.2. The molecule has 1 amide bonds. The van der Waals surface area contributed by atoms with Crippen molar-refractivity contribution >= 4 is 34.8 Å². The lowest BCUT2D eigenvalue weighted by Gasteiger charge is -2.33. The van der Waals surface area contributed by atoms with E-state index in [2.05, 4.69) is 16.3 Å². The first-order valence-corrected chi connectivity index (χ1v) is 13.0. The minimum atomic E-state index is -0.141. The number of hydrogen-bond acceptors (Lipinski definition) is 5. The van der Waals surface area contributed by atoms with Crippen molar-refractivity contribution in [1.82, 2.24) is 5.32 Å². The molecule has 6 nitrogen and oxygen atoms in total. The van der Waals surface area contributed by atoms with Gasteiger partial charge in [-0.25, -0.2) is 0 Å². The molecule has 4 rings (SSSR count). The van der Waals surface area contributed by atoms with Gasteiger partial charge in [0.15, 0.2) is 11.5 Å². The Morgan fingerprint density at radius 3 is 2.62 bits per heavy atom. The number of ether oxygens (including phenoxy) is 2. The van der Waals surface area contributed by atoms with E-state index in [0.717, 1.165) is 37.2 Å². The number of halogens is 2. The summed E-state index contributed by atoms with van der Waals surface area (Å²) in [7, 11) is 1.57. The molecule has 1 saturated heterocycles. The highest BCUT2D eigenvalue weighted by Gasteiger charge is 2.21. The number of hydrogen-bond donors (Lipinski definition) is 1. The summed E-state index contributed by atoms with van der Waals surface area (Å²) < 4.78 is 11.4. The minimum absolute atomic E-state index is 0.141. The number of amides is 1. The summed E-state index contributed by atoms with van der Waals surface area (Å²) in [6.45, 7) is 2.78. The van der Waals surface area contributed by atoms with E-state index in [4.69, 9.17) is 37.9 Å². The Labute approximate surface area is 227 Å². The van der Waals surface area contributed by atoms with Crippen LogP contribution in [0.4, 0.5) is 5.69 Å². The number of carbonyl (C=O) groups is 1. The zero-order valence-corrected chi connectivity index (χ0v) is 22.2. The van der Waals surface area contributed by atoms with E-state index >= 15 is 0 Å². The van der Waals surface area contributed by atoms with Crippen LogP contribution in [0.3, 0.4) is 0 Å². The molecular formula is C29H29Cl2N3O3. The van der Waals surface area contributed by atoms with Gasteiger partial charge < -0.3 is 19.7 Å². The summed E-state index contributed by atoms with van der Waals surface area (Å²) >= 11 is 12.2. The molecule has 1 aliphatic heterocycles. The molecule has 1 heterocycles. The second kappa shape index (κ2) is 12.7. The van der Waals surface area contributed by atoms with Gasteiger partial charge >= 0.3 is 0 Å². The molecule has 0 unspecified atom stereocenters. The summed E-state index contributed by atoms with van der Waals surface area (Å²) in [5, 5.41) is 13.4. The van der Waals surface area contributed by atoms with E-state index in [-0.39, 0.29) is 5.91 Å². The number of piperidine rings is 1. The number of methoxy groups -OCH3 is 1. The van der Waals surface area contributed by atoms with Crippen molar-refractivity contribution in [2.75, 3.05) is 38.3 Å². The number of nitrogens with zero attached hydrogens (tertiary/aromatic N) is 2. The summed E-state index contributed by atoms with van der Waals surface area (Å²) in [6.07, 6.45) is 2.54. The molecule has 0 atom stereocenters. The number of nitriles is 1. The van der Waals surface area contributed by atoms with Crippen LogP contribution in [0.2, 0.25) is 10.0 Å². The van der Waals surface area contributed by atoms with Crippen LogP contribution in [-0.4, -0.2) is 39.3 Å². The third kappa shape index (κ3) is 7.09. The van der Waals surface area contributed by atoms with Gasteiger partial charge in [0.25, 0.3) is 5.91 Å². The fourth-order valence-electron chi connectivity index (χ4n) is 4.43. The molecule has 0 aliphatic carbocycles. The Bertz CT molecular complexity index is 1280. The molecule has 0 radical (unpaired) electrons. The quantitative estimate of drug-likeness (QED) is 0.354. The van der Waals surface area contributed by atoms with Gasteiger partial charge in [-0.05, 0) is 72.9 Å². The second-order valence-electron chi connectivity index (χ2n) is 9.00. The smallest absolute Gasteiger partial charge is 0.251 e. The van der Waals surface area contributed by atoms with Crippen LogP contribution in [0.5, 0.6) is 11.5 Å². The van der Waals surface area contributed by atoms with Crippen molar-refractivity contribution in [2.45, 2.75) is 19.3 Å². The topological polar surface area (TPSA) is 74.6 Å². The predicted octanol–water partition coefficient (Wildman–Crippen LogP) is 6.14. The maximum atomic E-state index is 12.9. The van der Waals surface area contributed by atoms with Gasteiger partial charge in [-0.15, -0.1) is 0 Å². The third-order valence-electron chi connectivity index (χ3n) is 6.58. The minimum Gasteiger partial charge on any atom is -0.493 e. The Morgan fingerprint density at radius 2 is 1.89 bits per heavy atom. The van der Waals surface area contributed by atoms with Crippen LogP contribution >= 0.6 is 23.2 Å². The third-order valence-corrected chi connectivity index (χ3v) is 7.16. The van der Waals surface area contributed by atoms with Gasteiger partial charge in [0.05, 0.1) is 25.3 Å². The van der Waals surface area contributed by atoms with Crippen LogP contribution < -0.4 is 19.7 Å². The van der Waals surface area contributed by atoms with E-state index in [9.17, 15) is 4.79 Å². The molecule has 0 spiro atoms. The molecule has 192 valence electrons. The number of benzene rings is 3. The highest BCUT2D eigenvalue weighted by Crippen LogP contribution is 2.29. The van der Waals surface area contributed by atoms with Gasteiger partial charge in [0.1, 0.15) is 0 Å². The summed E-state index contributed by atoms with van der Waals surface area (Å²) in [4.78, 5) is 15.2. The van der Waals surface area contributed by atoms with Gasteiger partial charge in [0, 0.05) is 47.4 Å². The monoisotopic (exact) mass is 537 g/mol. The Kier molecular flexibility index (Phi) is 9.16. The van der Waals surface area contributed by atoms with Gasteiger partial charge in [-0.1, -0.05) is 35.3 Å². The highest BCUT2D eigenvalue weighted by molar-refractivity contribution is 6.35. The van der Waals surface area contributed by atoms with Crippen molar-refractivity contribution in [2.24, 2.45) is 5.92 Å². The Hall–Kier alpha value is -3.40. The van der Waals surface area contributed by atoms with Crippen molar-refractivity contribution in [1.29, 1.82) is 5.26 Å². The molecule has 37 heavy (non-hydrogen) atoms. The number of rotatable bonds is 9. The van der Waals surface area contributed by atoms with E-state index in [0.29, 0.717) is 58.2 Å². The summed E-state index contributed by atoms with van der Waals surface area (Å²) in [6, 6.07) is 20.5. The molecule has 3 aromatic rings. The fourth-order valence-corrected chi connectivity index (χ4v) is 4.94. The van der Waals surface area contributed by atoms with E-state index in [1.807, 2.05) is 30.3 Å². The van der Waals surface area contributed by atoms with Crippen molar-refractivity contribution < 1.29 is 14.3 Å². The average Bonchev–Trinajstić information content (AvgIpc) is 2.93. The second-order valence-corrected chi connectivity index (χ2v) is 9.85. The number of anilines is 1. The number of carbonyl (C=O) groups excluding carboxylic acids is 1. The van der Waals surface area contributed by atoms with Crippen LogP contribution in [0.1, 0.15) is 34.3 Å². The maximum absolute atomic E-state index is 12.9. The lowest BCUT2D eigenvalue weighted by molar-refractivity contribution is 0.0944.